The molecule has 1 atom stereocenters. The van der Waals surface area contributed by atoms with E-state index >= 15 is 0 Å². The number of fused-ring (bicyclic) bond motifs is 1. The number of rotatable bonds is 4. The number of aromatic nitrogens is 2. The number of thiophene rings is 1. The zero-order chi connectivity index (χ0) is 19.6. The molecule has 1 fully saturated rings. The van der Waals surface area contributed by atoms with E-state index < -0.39 is 0 Å². The molecule has 0 radical (unpaired) electrons. The molecule has 3 nitrogen and oxygen atoms in total. The normalized spacial score (nSPS) is 17.0. The quantitative estimate of drug-likeness (QED) is 0.378. The fourth-order valence-corrected chi connectivity index (χ4v) is 5.38. The first-order valence-corrected chi connectivity index (χ1v) is 11.4. The van der Waals surface area contributed by atoms with Crippen LogP contribution in [0.5, 0.6) is 0 Å². The average molecular weight is 400 g/mol. The van der Waals surface area contributed by atoms with E-state index in [-0.39, 0.29) is 0 Å². The van der Waals surface area contributed by atoms with Crippen molar-refractivity contribution in [1.82, 2.24) is 9.97 Å². The van der Waals surface area contributed by atoms with Crippen molar-refractivity contribution in [3.63, 3.8) is 0 Å². The minimum absolute atomic E-state index is 0.579. The van der Waals surface area contributed by atoms with Crippen LogP contribution in [0.15, 0.2) is 66.3 Å². The molecule has 1 unspecified atom stereocenters. The lowest BCUT2D eigenvalue weighted by atomic mass is 9.98. The van der Waals surface area contributed by atoms with Gasteiger partial charge < -0.3 is 4.90 Å². The van der Waals surface area contributed by atoms with Crippen molar-refractivity contribution in [3.05, 3.63) is 66.3 Å². The third-order valence-electron chi connectivity index (χ3n) is 6.02. The molecule has 0 saturated carbocycles. The molecule has 146 valence electrons. The Balaban J connectivity index is 1.57. The largest absolute Gasteiger partial charge is 0.353 e. The van der Waals surface area contributed by atoms with Crippen LogP contribution in [0.3, 0.4) is 0 Å². The predicted molar refractivity (Wildman–Crippen MR) is 124 cm³/mol. The molecule has 4 heteroatoms. The van der Waals surface area contributed by atoms with Gasteiger partial charge in [0, 0.05) is 23.5 Å². The van der Waals surface area contributed by atoms with Crippen LogP contribution >= 0.6 is 11.3 Å². The minimum Gasteiger partial charge on any atom is -0.353 e. The standard InChI is InChI=1S/C25H25N3S/c1-2-21-10-6-7-15-28(21)24-23-22(16-29-25(23)27-17-26-24)20-13-11-19(12-14-20)18-8-4-3-5-9-18/h3-5,8-9,11-14,16-17,21H,2,6-7,10,15H2,1H3. The first-order chi connectivity index (χ1) is 14.3. The summed E-state index contributed by atoms with van der Waals surface area (Å²) in [5, 5.41) is 3.45. The summed E-state index contributed by atoms with van der Waals surface area (Å²) in [6.07, 6.45) is 6.72. The van der Waals surface area contributed by atoms with E-state index in [4.69, 9.17) is 4.98 Å². The van der Waals surface area contributed by atoms with Gasteiger partial charge in [-0.25, -0.2) is 9.97 Å². The lowest BCUT2D eigenvalue weighted by Gasteiger charge is -2.36. The molecule has 0 bridgehead atoms. The van der Waals surface area contributed by atoms with Crippen molar-refractivity contribution in [2.24, 2.45) is 0 Å². The maximum absolute atomic E-state index is 4.77. The maximum atomic E-state index is 4.77. The second-order valence-electron chi connectivity index (χ2n) is 7.72. The van der Waals surface area contributed by atoms with Gasteiger partial charge in [-0.1, -0.05) is 61.5 Å². The molecule has 0 spiro atoms. The maximum Gasteiger partial charge on any atom is 0.141 e. The second-order valence-corrected chi connectivity index (χ2v) is 8.58. The Bertz CT molecular complexity index is 1100. The highest BCUT2D eigenvalue weighted by atomic mass is 32.1. The van der Waals surface area contributed by atoms with Crippen LogP contribution in [0.1, 0.15) is 32.6 Å². The number of anilines is 1. The highest BCUT2D eigenvalue weighted by molar-refractivity contribution is 7.17. The molecule has 2 aromatic heterocycles. The Morgan fingerprint density at radius 1 is 0.931 bits per heavy atom. The molecule has 0 N–H and O–H groups in total. The summed E-state index contributed by atoms with van der Waals surface area (Å²) in [6.45, 7) is 3.38. The van der Waals surface area contributed by atoms with Gasteiger partial charge >= 0.3 is 0 Å². The van der Waals surface area contributed by atoms with Crippen LogP contribution in [0.4, 0.5) is 5.82 Å². The van der Waals surface area contributed by atoms with Crippen LogP contribution in [0, 0.1) is 0 Å². The molecule has 2 aromatic carbocycles. The molecule has 3 heterocycles. The van der Waals surface area contributed by atoms with Crippen molar-refractivity contribution >= 4 is 27.4 Å². The number of piperidine rings is 1. The van der Waals surface area contributed by atoms with E-state index in [1.54, 1.807) is 17.7 Å². The lowest BCUT2D eigenvalue weighted by molar-refractivity contribution is 0.448. The van der Waals surface area contributed by atoms with E-state index in [2.05, 4.69) is 76.8 Å². The van der Waals surface area contributed by atoms with Gasteiger partial charge in [-0.2, -0.15) is 0 Å². The predicted octanol–water partition coefficient (Wildman–Crippen LogP) is 6.79. The summed E-state index contributed by atoms with van der Waals surface area (Å²) in [7, 11) is 0. The zero-order valence-electron chi connectivity index (χ0n) is 16.7. The van der Waals surface area contributed by atoms with Gasteiger partial charge in [0.2, 0.25) is 0 Å². The molecule has 1 aliphatic rings. The molecule has 1 saturated heterocycles. The average Bonchev–Trinajstić information content (AvgIpc) is 3.24. The lowest BCUT2D eigenvalue weighted by Crippen LogP contribution is -2.39. The Morgan fingerprint density at radius 3 is 2.48 bits per heavy atom. The van der Waals surface area contributed by atoms with Crippen LogP contribution in [-0.4, -0.2) is 22.6 Å². The van der Waals surface area contributed by atoms with Gasteiger partial charge in [-0.15, -0.1) is 11.3 Å². The molecule has 0 aliphatic carbocycles. The van der Waals surface area contributed by atoms with Crippen LogP contribution in [-0.2, 0) is 0 Å². The van der Waals surface area contributed by atoms with Gasteiger partial charge in [0.15, 0.2) is 0 Å². The fourth-order valence-electron chi connectivity index (χ4n) is 4.47. The summed E-state index contributed by atoms with van der Waals surface area (Å²) in [6, 6.07) is 20.0. The van der Waals surface area contributed by atoms with E-state index in [1.807, 2.05) is 0 Å². The van der Waals surface area contributed by atoms with Gasteiger partial charge in [-0.3, -0.25) is 0 Å². The summed E-state index contributed by atoms with van der Waals surface area (Å²) >= 11 is 1.72. The van der Waals surface area contributed by atoms with Crippen LogP contribution in [0.25, 0.3) is 32.5 Å². The number of hydrogen-bond acceptors (Lipinski definition) is 4. The van der Waals surface area contributed by atoms with E-state index in [0.29, 0.717) is 6.04 Å². The molecule has 4 aromatic rings. The molecule has 1 aliphatic heterocycles. The topological polar surface area (TPSA) is 29.0 Å². The Hall–Kier alpha value is -2.72. The Labute approximate surface area is 176 Å². The van der Waals surface area contributed by atoms with Gasteiger partial charge in [0.1, 0.15) is 17.0 Å². The molecular weight excluding hydrogens is 374 g/mol. The van der Waals surface area contributed by atoms with Crippen molar-refractivity contribution in [2.45, 2.75) is 38.6 Å². The number of nitrogens with zero attached hydrogens (tertiary/aromatic N) is 3. The van der Waals surface area contributed by atoms with E-state index in [0.717, 1.165) is 23.6 Å². The molecule has 0 amide bonds. The number of benzene rings is 2. The highest BCUT2D eigenvalue weighted by Gasteiger charge is 2.25. The first-order valence-electron chi connectivity index (χ1n) is 10.5. The summed E-state index contributed by atoms with van der Waals surface area (Å²) in [4.78, 5) is 13.0. The third kappa shape index (κ3) is 3.42. The molecule has 5 rings (SSSR count). The third-order valence-corrected chi connectivity index (χ3v) is 6.91. The molecular formula is C25H25N3S. The van der Waals surface area contributed by atoms with Gasteiger partial charge in [0.05, 0.1) is 5.39 Å². The Morgan fingerprint density at radius 2 is 1.69 bits per heavy atom. The van der Waals surface area contributed by atoms with Crippen molar-refractivity contribution in [3.8, 4) is 22.3 Å². The monoisotopic (exact) mass is 399 g/mol. The zero-order valence-corrected chi connectivity index (χ0v) is 17.5. The fraction of sp³-hybridized carbons (Fsp3) is 0.280. The smallest absolute Gasteiger partial charge is 0.141 e. The van der Waals surface area contributed by atoms with Crippen molar-refractivity contribution < 1.29 is 0 Å². The van der Waals surface area contributed by atoms with E-state index in [9.17, 15) is 0 Å². The van der Waals surface area contributed by atoms with Crippen molar-refractivity contribution in [1.29, 1.82) is 0 Å². The summed E-state index contributed by atoms with van der Waals surface area (Å²) in [5.41, 5.74) is 4.97. The van der Waals surface area contributed by atoms with Gasteiger partial charge in [0.25, 0.3) is 0 Å². The molecule has 29 heavy (non-hydrogen) atoms. The SMILES string of the molecule is CCC1CCCCN1c1ncnc2scc(-c3ccc(-c4ccccc4)cc3)c12. The second kappa shape index (κ2) is 7.96. The first kappa shape index (κ1) is 18.3. The van der Waals surface area contributed by atoms with Crippen LogP contribution in [0.2, 0.25) is 0 Å². The minimum atomic E-state index is 0.579. The summed E-state index contributed by atoms with van der Waals surface area (Å²) in [5.74, 6) is 1.12. The van der Waals surface area contributed by atoms with Gasteiger partial charge in [-0.05, 0) is 42.4 Å². The van der Waals surface area contributed by atoms with Crippen LogP contribution < -0.4 is 4.90 Å². The highest BCUT2D eigenvalue weighted by Crippen LogP contribution is 2.40. The number of hydrogen-bond donors (Lipinski definition) is 0. The van der Waals surface area contributed by atoms with E-state index in [1.165, 1.54) is 46.9 Å². The van der Waals surface area contributed by atoms with Crippen molar-refractivity contribution in [2.75, 3.05) is 11.4 Å². The Kier molecular flexibility index (Phi) is 5.03. The summed E-state index contributed by atoms with van der Waals surface area (Å²) < 4.78 is 0.